The first kappa shape index (κ1) is 19.7. The van der Waals surface area contributed by atoms with Crippen molar-refractivity contribution in [2.75, 3.05) is 5.32 Å². The van der Waals surface area contributed by atoms with Crippen molar-refractivity contribution >= 4 is 23.0 Å². The molecular weight excluding hydrogens is 380 g/mol. The Labute approximate surface area is 174 Å². The van der Waals surface area contributed by atoms with Crippen LogP contribution in [0.3, 0.4) is 0 Å². The van der Waals surface area contributed by atoms with E-state index in [-0.39, 0.29) is 23.7 Å². The molecule has 0 saturated heterocycles. The first-order chi connectivity index (χ1) is 14.3. The Balaban J connectivity index is 1.57. The number of amides is 1. The van der Waals surface area contributed by atoms with Crippen molar-refractivity contribution in [3.63, 3.8) is 0 Å². The summed E-state index contributed by atoms with van der Waals surface area (Å²) in [5.74, 6) is -0.500. The smallest absolute Gasteiger partial charge is 0.279 e. The van der Waals surface area contributed by atoms with Crippen LogP contribution in [-0.4, -0.2) is 26.1 Å². The predicted molar refractivity (Wildman–Crippen MR) is 115 cm³/mol. The lowest BCUT2D eigenvalue weighted by Crippen LogP contribution is -2.13. The summed E-state index contributed by atoms with van der Waals surface area (Å²) in [6.45, 7) is 5.46. The van der Waals surface area contributed by atoms with E-state index in [0.29, 0.717) is 16.9 Å². The van der Waals surface area contributed by atoms with Gasteiger partial charge in [-0.3, -0.25) is 4.79 Å². The molecule has 7 heteroatoms. The second kappa shape index (κ2) is 7.67. The molecule has 7 nitrogen and oxygen atoms in total. The number of hydrogen-bond acceptors (Lipinski definition) is 5. The maximum Gasteiger partial charge on any atom is 0.279 e. The molecule has 0 saturated carbocycles. The standard InChI is InChI=1S/C23H24N4O3/c1-13(24)10-21(28)30-20-7-5-16-4-6-17(12-19(16)20)26-23(29)18-8-9-27-15(3)11-14(2)25-22(18)27/h4,6,8-12,20,24,28H,5,7H2,1-3H3,(H,26,29)/b21-10+,24-13?. The lowest BCUT2D eigenvalue weighted by Gasteiger charge is -2.15. The Hall–Kier alpha value is -3.61. The molecule has 0 bridgehead atoms. The SMILES string of the molecule is CC(=N)/C=C(\O)OC1CCc2ccc(NC(=O)c3ccn4c(C)cc(C)nc34)cc21. The summed E-state index contributed by atoms with van der Waals surface area (Å²) >= 11 is 0. The van der Waals surface area contributed by atoms with Crippen LogP contribution in [0.5, 0.6) is 0 Å². The number of anilines is 1. The van der Waals surface area contributed by atoms with Crippen molar-refractivity contribution in [3.8, 4) is 0 Å². The number of fused-ring (bicyclic) bond motifs is 2. The minimum Gasteiger partial charge on any atom is -0.481 e. The summed E-state index contributed by atoms with van der Waals surface area (Å²) in [6, 6.07) is 9.47. The van der Waals surface area contributed by atoms with Gasteiger partial charge in [0.05, 0.1) is 5.56 Å². The molecule has 0 fully saturated rings. The molecule has 30 heavy (non-hydrogen) atoms. The average Bonchev–Trinajstić information content (AvgIpc) is 3.25. The highest BCUT2D eigenvalue weighted by Crippen LogP contribution is 2.36. The second-order valence-electron chi connectivity index (χ2n) is 7.64. The number of allylic oxidation sites excluding steroid dienone is 1. The molecule has 1 aromatic carbocycles. The highest BCUT2D eigenvalue weighted by atomic mass is 16.6. The quantitative estimate of drug-likeness (QED) is 0.426. The highest BCUT2D eigenvalue weighted by Gasteiger charge is 2.25. The molecule has 1 aliphatic rings. The highest BCUT2D eigenvalue weighted by molar-refractivity contribution is 6.08. The number of carbonyl (C=O) groups is 1. The molecule has 3 aromatic rings. The van der Waals surface area contributed by atoms with Crippen LogP contribution >= 0.6 is 0 Å². The Bertz CT molecular complexity index is 1190. The molecule has 2 heterocycles. The Morgan fingerprint density at radius 2 is 2.13 bits per heavy atom. The fraction of sp³-hybridized carbons (Fsp3) is 0.261. The molecule has 1 unspecified atom stereocenters. The summed E-state index contributed by atoms with van der Waals surface area (Å²) in [4.78, 5) is 17.4. The van der Waals surface area contributed by atoms with Crippen LogP contribution in [0.1, 0.15) is 52.3 Å². The maximum atomic E-state index is 12.9. The Morgan fingerprint density at radius 1 is 1.33 bits per heavy atom. The maximum absolute atomic E-state index is 12.9. The number of rotatable bonds is 5. The molecule has 0 aliphatic heterocycles. The third-order valence-corrected chi connectivity index (χ3v) is 5.21. The van der Waals surface area contributed by atoms with Crippen molar-refractivity contribution < 1.29 is 14.6 Å². The normalized spacial score (nSPS) is 15.8. The van der Waals surface area contributed by atoms with Gasteiger partial charge >= 0.3 is 0 Å². The number of ether oxygens (including phenoxy) is 1. The number of nitrogens with one attached hydrogen (secondary N) is 2. The van der Waals surface area contributed by atoms with E-state index in [9.17, 15) is 9.90 Å². The molecule has 154 valence electrons. The van der Waals surface area contributed by atoms with Gasteiger partial charge in [-0.25, -0.2) is 4.98 Å². The number of benzene rings is 1. The van der Waals surface area contributed by atoms with Gasteiger partial charge in [-0.15, -0.1) is 0 Å². The van der Waals surface area contributed by atoms with E-state index in [4.69, 9.17) is 10.1 Å². The van der Waals surface area contributed by atoms with Gasteiger partial charge in [0.15, 0.2) is 0 Å². The first-order valence-corrected chi connectivity index (χ1v) is 9.84. The number of hydrogen-bond donors (Lipinski definition) is 3. The van der Waals surface area contributed by atoms with E-state index in [2.05, 4.69) is 10.3 Å². The molecule has 4 rings (SSSR count). The van der Waals surface area contributed by atoms with Gasteiger partial charge < -0.3 is 25.0 Å². The van der Waals surface area contributed by atoms with E-state index in [1.165, 1.54) is 6.08 Å². The predicted octanol–water partition coefficient (Wildman–Crippen LogP) is 4.65. The van der Waals surface area contributed by atoms with Crippen LogP contribution in [0.15, 0.2) is 48.5 Å². The van der Waals surface area contributed by atoms with E-state index in [1.54, 1.807) is 13.0 Å². The summed E-state index contributed by atoms with van der Waals surface area (Å²) in [7, 11) is 0. The summed E-state index contributed by atoms with van der Waals surface area (Å²) in [5.41, 5.74) is 5.94. The van der Waals surface area contributed by atoms with Crippen molar-refractivity contribution in [1.29, 1.82) is 5.41 Å². The third-order valence-electron chi connectivity index (χ3n) is 5.21. The minimum atomic E-state index is -0.310. The zero-order valence-electron chi connectivity index (χ0n) is 17.2. The number of aromatic nitrogens is 2. The fourth-order valence-corrected chi connectivity index (χ4v) is 3.90. The van der Waals surface area contributed by atoms with Crippen molar-refractivity contribution in [2.24, 2.45) is 0 Å². The largest absolute Gasteiger partial charge is 0.481 e. The summed E-state index contributed by atoms with van der Waals surface area (Å²) in [6.07, 6.45) is 4.37. The van der Waals surface area contributed by atoms with E-state index >= 15 is 0 Å². The van der Waals surface area contributed by atoms with Gasteiger partial charge in [0.1, 0.15) is 11.8 Å². The zero-order chi connectivity index (χ0) is 21.4. The van der Waals surface area contributed by atoms with Gasteiger partial charge in [-0.1, -0.05) is 6.07 Å². The molecule has 0 spiro atoms. The lowest BCUT2D eigenvalue weighted by atomic mass is 10.1. The number of aliphatic hydroxyl groups excluding tert-OH is 1. The minimum absolute atomic E-state index is 0.214. The van der Waals surface area contributed by atoms with Crippen LogP contribution in [0.2, 0.25) is 0 Å². The van der Waals surface area contributed by atoms with Gasteiger partial charge in [-0.05, 0) is 69.0 Å². The number of nitrogens with zero attached hydrogens (tertiary/aromatic N) is 2. The van der Waals surface area contributed by atoms with Crippen LogP contribution in [0, 0.1) is 19.3 Å². The second-order valence-corrected chi connectivity index (χ2v) is 7.64. The monoisotopic (exact) mass is 404 g/mol. The number of aliphatic hydroxyl groups is 1. The topological polar surface area (TPSA) is 99.7 Å². The fourth-order valence-electron chi connectivity index (χ4n) is 3.90. The third kappa shape index (κ3) is 3.78. The van der Waals surface area contributed by atoms with Crippen LogP contribution in [-0.2, 0) is 11.2 Å². The van der Waals surface area contributed by atoms with Gasteiger partial charge in [0.25, 0.3) is 11.9 Å². The van der Waals surface area contributed by atoms with E-state index in [0.717, 1.165) is 35.4 Å². The Morgan fingerprint density at radius 3 is 2.90 bits per heavy atom. The molecule has 1 amide bonds. The van der Waals surface area contributed by atoms with Gasteiger partial charge in [0, 0.05) is 35.1 Å². The van der Waals surface area contributed by atoms with Crippen molar-refractivity contribution in [3.05, 3.63) is 76.6 Å². The molecule has 3 N–H and O–H groups in total. The van der Waals surface area contributed by atoms with Gasteiger partial charge in [0.2, 0.25) is 0 Å². The summed E-state index contributed by atoms with van der Waals surface area (Å²) < 4.78 is 7.51. The molecule has 1 aliphatic carbocycles. The number of aryl methyl sites for hydroxylation is 3. The van der Waals surface area contributed by atoms with Crippen LogP contribution < -0.4 is 5.32 Å². The average molecular weight is 404 g/mol. The molecule has 0 radical (unpaired) electrons. The Kier molecular flexibility index (Phi) is 5.03. The number of carbonyl (C=O) groups excluding carboxylic acids is 1. The first-order valence-electron chi connectivity index (χ1n) is 9.84. The van der Waals surface area contributed by atoms with E-state index in [1.807, 2.05) is 48.7 Å². The van der Waals surface area contributed by atoms with Crippen LogP contribution in [0.25, 0.3) is 5.65 Å². The van der Waals surface area contributed by atoms with Crippen molar-refractivity contribution in [2.45, 2.75) is 39.7 Å². The van der Waals surface area contributed by atoms with E-state index < -0.39 is 0 Å². The van der Waals surface area contributed by atoms with Gasteiger partial charge in [-0.2, -0.15) is 0 Å². The zero-order valence-corrected chi connectivity index (χ0v) is 17.2. The molecule has 2 aromatic heterocycles. The van der Waals surface area contributed by atoms with Crippen molar-refractivity contribution in [1.82, 2.24) is 9.38 Å². The van der Waals surface area contributed by atoms with Crippen LogP contribution in [0.4, 0.5) is 5.69 Å². The lowest BCUT2D eigenvalue weighted by molar-refractivity contribution is 0.0329. The summed E-state index contributed by atoms with van der Waals surface area (Å²) in [5, 5.41) is 20.3. The molecule has 1 atom stereocenters. The molecular formula is C23H24N4O3.